The van der Waals surface area contributed by atoms with E-state index < -0.39 is 10.0 Å². The van der Waals surface area contributed by atoms with E-state index in [1.54, 1.807) is 0 Å². The van der Waals surface area contributed by atoms with Crippen molar-refractivity contribution >= 4 is 44.8 Å². The Bertz CT molecular complexity index is 547. The standard InChI is InChI=1S/C11H15Cl3N2O2S/c1-16(2)7-3-6-15-19(17,18)9-5-4-8(12)10(13)11(9)14/h4-5,15H,3,6-7H2,1-2H3. The van der Waals surface area contributed by atoms with E-state index in [4.69, 9.17) is 34.8 Å². The molecule has 0 aliphatic carbocycles. The zero-order valence-electron chi connectivity index (χ0n) is 10.6. The van der Waals surface area contributed by atoms with E-state index >= 15 is 0 Å². The predicted octanol–water partition coefficient (Wildman–Crippen LogP) is 2.88. The van der Waals surface area contributed by atoms with Gasteiger partial charge in [0.25, 0.3) is 0 Å². The molecule has 0 bridgehead atoms. The van der Waals surface area contributed by atoms with Gasteiger partial charge in [-0.1, -0.05) is 34.8 Å². The van der Waals surface area contributed by atoms with Gasteiger partial charge in [0, 0.05) is 6.54 Å². The minimum Gasteiger partial charge on any atom is -0.309 e. The lowest BCUT2D eigenvalue weighted by Gasteiger charge is -2.12. The summed E-state index contributed by atoms with van der Waals surface area (Å²) in [4.78, 5) is 1.91. The molecule has 0 saturated carbocycles. The molecule has 0 unspecified atom stereocenters. The first kappa shape index (κ1) is 17.0. The summed E-state index contributed by atoms with van der Waals surface area (Å²) in [7, 11) is 0.170. The molecule has 0 heterocycles. The Morgan fingerprint density at radius 1 is 1.16 bits per heavy atom. The Balaban J connectivity index is 2.81. The van der Waals surface area contributed by atoms with Gasteiger partial charge < -0.3 is 4.90 Å². The molecule has 0 aliphatic heterocycles. The number of hydrogen-bond acceptors (Lipinski definition) is 3. The molecule has 1 aromatic rings. The predicted molar refractivity (Wildman–Crippen MR) is 79.8 cm³/mol. The number of halogens is 3. The molecule has 0 amide bonds. The van der Waals surface area contributed by atoms with Crippen molar-refractivity contribution in [3.05, 3.63) is 27.2 Å². The van der Waals surface area contributed by atoms with Gasteiger partial charge in [0.15, 0.2) is 0 Å². The van der Waals surface area contributed by atoms with Crippen molar-refractivity contribution in [2.45, 2.75) is 11.3 Å². The summed E-state index contributed by atoms with van der Waals surface area (Å²) in [6.07, 6.45) is 0.700. The number of benzene rings is 1. The zero-order chi connectivity index (χ0) is 14.6. The van der Waals surface area contributed by atoms with Gasteiger partial charge in [-0.25, -0.2) is 13.1 Å². The highest BCUT2D eigenvalue weighted by atomic mass is 35.5. The molecule has 8 heteroatoms. The minimum atomic E-state index is -3.67. The maximum Gasteiger partial charge on any atom is 0.242 e. The number of rotatable bonds is 6. The van der Waals surface area contributed by atoms with Crippen LogP contribution in [0.2, 0.25) is 15.1 Å². The van der Waals surface area contributed by atoms with Crippen LogP contribution in [0.3, 0.4) is 0 Å². The minimum absolute atomic E-state index is 0.0412. The molecule has 4 nitrogen and oxygen atoms in total. The van der Waals surface area contributed by atoms with Crippen LogP contribution in [0.15, 0.2) is 17.0 Å². The Morgan fingerprint density at radius 2 is 1.79 bits per heavy atom. The first-order valence-electron chi connectivity index (χ1n) is 5.53. The Kier molecular flexibility index (Phi) is 6.36. The highest BCUT2D eigenvalue weighted by Crippen LogP contribution is 2.34. The van der Waals surface area contributed by atoms with Crippen LogP contribution >= 0.6 is 34.8 Å². The average Bonchev–Trinajstić information content (AvgIpc) is 2.31. The van der Waals surface area contributed by atoms with E-state index in [9.17, 15) is 8.42 Å². The summed E-state index contributed by atoms with van der Waals surface area (Å²) < 4.78 is 26.6. The summed E-state index contributed by atoms with van der Waals surface area (Å²) in [5, 5.41) is 0.201. The van der Waals surface area contributed by atoms with Crippen LogP contribution < -0.4 is 4.72 Å². The summed E-state index contributed by atoms with van der Waals surface area (Å²) in [6, 6.07) is 2.75. The molecule has 0 radical (unpaired) electrons. The molecule has 0 aliphatic rings. The summed E-state index contributed by atoms with van der Waals surface area (Å²) in [5.41, 5.74) is 0. The molecule has 0 aromatic heterocycles. The molecule has 0 saturated heterocycles. The maximum atomic E-state index is 12.1. The largest absolute Gasteiger partial charge is 0.309 e. The van der Waals surface area contributed by atoms with E-state index in [-0.39, 0.29) is 20.0 Å². The van der Waals surface area contributed by atoms with Gasteiger partial charge in [-0.05, 0) is 39.2 Å². The van der Waals surface area contributed by atoms with Crippen LogP contribution in [0.5, 0.6) is 0 Å². The SMILES string of the molecule is CN(C)CCCNS(=O)(=O)c1ccc(Cl)c(Cl)c1Cl. The fourth-order valence-electron chi connectivity index (χ4n) is 1.40. The number of nitrogens with one attached hydrogen (secondary N) is 1. The highest BCUT2D eigenvalue weighted by Gasteiger charge is 2.20. The zero-order valence-corrected chi connectivity index (χ0v) is 13.7. The van der Waals surface area contributed by atoms with Gasteiger partial charge in [0.2, 0.25) is 10.0 Å². The number of nitrogens with zero attached hydrogens (tertiary/aromatic N) is 1. The summed E-state index contributed by atoms with van der Waals surface area (Å²) >= 11 is 17.5. The Labute approximate surface area is 128 Å². The lowest BCUT2D eigenvalue weighted by molar-refractivity contribution is 0.400. The molecule has 19 heavy (non-hydrogen) atoms. The van der Waals surface area contributed by atoms with Gasteiger partial charge >= 0.3 is 0 Å². The smallest absolute Gasteiger partial charge is 0.242 e. The van der Waals surface area contributed by atoms with E-state index in [1.165, 1.54) is 12.1 Å². The third-order valence-corrected chi connectivity index (χ3v) is 5.27. The van der Waals surface area contributed by atoms with Crippen molar-refractivity contribution in [2.24, 2.45) is 0 Å². The Morgan fingerprint density at radius 3 is 2.37 bits per heavy atom. The molecule has 0 spiro atoms. The number of sulfonamides is 1. The van der Waals surface area contributed by atoms with Crippen LogP contribution in [-0.4, -0.2) is 40.5 Å². The first-order valence-corrected chi connectivity index (χ1v) is 8.15. The van der Waals surface area contributed by atoms with Gasteiger partial charge in [-0.15, -0.1) is 0 Å². The van der Waals surface area contributed by atoms with Crippen LogP contribution in [0.4, 0.5) is 0 Å². The van der Waals surface area contributed by atoms with Gasteiger partial charge in [-0.3, -0.25) is 0 Å². The molecule has 1 rings (SSSR count). The average molecular weight is 346 g/mol. The quantitative estimate of drug-likeness (QED) is 0.637. The normalized spacial score (nSPS) is 12.1. The Hall–Kier alpha value is -0.0400. The molecular formula is C11H15Cl3N2O2S. The van der Waals surface area contributed by atoms with Gasteiger partial charge in [0.05, 0.1) is 15.1 Å². The van der Waals surface area contributed by atoms with Gasteiger partial charge in [0.1, 0.15) is 4.90 Å². The monoisotopic (exact) mass is 344 g/mol. The van der Waals surface area contributed by atoms with Crippen LogP contribution in [0.25, 0.3) is 0 Å². The third kappa shape index (κ3) is 4.77. The fraction of sp³-hybridized carbons (Fsp3) is 0.455. The second kappa shape index (κ2) is 7.11. The van der Waals surface area contributed by atoms with Crippen molar-refractivity contribution in [1.29, 1.82) is 0 Å². The van der Waals surface area contributed by atoms with Crippen LogP contribution in [0, 0.1) is 0 Å². The van der Waals surface area contributed by atoms with Crippen LogP contribution in [-0.2, 0) is 10.0 Å². The van der Waals surface area contributed by atoms with E-state index in [0.717, 1.165) is 6.54 Å². The molecule has 108 valence electrons. The fourth-order valence-corrected chi connectivity index (χ4v) is 3.45. The molecule has 0 atom stereocenters. The molecule has 1 N–H and O–H groups in total. The lowest BCUT2D eigenvalue weighted by atomic mass is 10.4. The highest BCUT2D eigenvalue weighted by molar-refractivity contribution is 7.89. The second-order valence-electron chi connectivity index (χ2n) is 4.23. The van der Waals surface area contributed by atoms with Crippen LogP contribution in [0.1, 0.15) is 6.42 Å². The maximum absolute atomic E-state index is 12.1. The van der Waals surface area contributed by atoms with Crippen molar-refractivity contribution in [1.82, 2.24) is 9.62 Å². The van der Waals surface area contributed by atoms with E-state index in [2.05, 4.69) is 4.72 Å². The molecule has 1 aromatic carbocycles. The lowest BCUT2D eigenvalue weighted by Crippen LogP contribution is -2.27. The second-order valence-corrected chi connectivity index (χ2v) is 7.13. The summed E-state index contributed by atoms with van der Waals surface area (Å²) in [5.74, 6) is 0. The van der Waals surface area contributed by atoms with Gasteiger partial charge in [-0.2, -0.15) is 0 Å². The van der Waals surface area contributed by atoms with Crippen molar-refractivity contribution in [3.8, 4) is 0 Å². The summed E-state index contributed by atoms with van der Waals surface area (Å²) in [6.45, 7) is 1.12. The third-order valence-electron chi connectivity index (χ3n) is 2.36. The number of hydrogen-bond donors (Lipinski definition) is 1. The first-order chi connectivity index (χ1) is 8.75. The molecule has 0 fully saturated rings. The topological polar surface area (TPSA) is 49.4 Å². The van der Waals surface area contributed by atoms with Crippen molar-refractivity contribution < 1.29 is 8.42 Å². The van der Waals surface area contributed by atoms with E-state index in [1.807, 2.05) is 19.0 Å². The van der Waals surface area contributed by atoms with E-state index in [0.29, 0.717) is 13.0 Å². The molecular weight excluding hydrogens is 331 g/mol. The van der Waals surface area contributed by atoms with Crippen molar-refractivity contribution in [2.75, 3.05) is 27.2 Å². The van der Waals surface area contributed by atoms with Crippen molar-refractivity contribution in [3.63, 3.8) is 0 Å².